The van der Waals surface area contributed by atoms with Crippen LogP contribution in [0, 0.1) is 13.8 Å². The molecule has 0 aliphatic carbocycles. The highest BCUT2D eigenvalue weighted by atomic mass is 35.5. The van der Waals surface area contributed by atoms with Crippen LogP contribution < -0.4 is 19.6 Å². The quantitative estimate of drug-likeness (QED) is 0.593. The van der Waals surface area contributed by atoms with Crippen LogP contribution in [0.5, 0.6) is 17.2 Å². The first kappa shape index (κ1) is 19.6. The van der Waals surface area contributed by atoms with E-state index in [1.165, 1.54) is 20.4 Å². The second-order valence-corrected chi connectivity index (χ2v) is 5.99. The van der Waals surface area contributed by atoms with Crippen molar-refractivity contribution in [1.82, 2.24) is 5.43 Å². The average molecular weight is 377 g/mol. The van der Waals surface area contributed by atoms with Crippen molar-refractivity contribution >= 4 is 23.7 Å². The molecule has 1 amide bonds. The third-order valence-corrected chi connectivity index (χ3v) is 3.91. The molecule has 0 spiro atoms. The van der Waals surface area contributed by atoms with Gasteiger partial charge in [-0.1, -0.05) is 29.3 Å². The van der Waals surface area contributed by atoms with Gasteiger partial charge in [0.05, 0.1) is 25.5 Å². The molecule has 2 rings (SSSR count). The van der Waals surface area contributed by atoms with E-state index >= 15 is 0 Å². The lowest BCUT2D eigenvalue weighted by Gasteiger charge is -2.10. The van der Waals surface area contributed by atoms with Crippen LogP contribution in [0.15, 0.2) is 35.4 Å². The standard InChI is InChI=1S/C19H21ClN2O4/c1-12-5-6-16(13(2)7-12)26-11-19(23)22-21-10-14-8-17(24-3)18(25-4)9-15(14)20/h5-10H,11H2,1-4H3,(H,22,23)/b21-10+. The summed E-state index contributed by atoms with van der Waals surface area (Å²) in [5, 5.41) is 4.32. The SMILES string of the molecule is COc1cc(Cl)c(/C=N/NC(=O)COc2ccc(C)cc2C)cc1OC. The van der Waals surface area contributed by atoms with Crippen LogP contribution in [-0.4, -0.2) is 32.9 Å². The molecule has 0 atom stereocenters. The van der Waals surface area contributed by atoms with Crippen molar-refractivity contribution in [3.05, 3.63) is 52.0 Å². The molecule has 0 heterocycles. The monoisotopic (exact) mass is 376 g/mol. The number of carbonyl (C=O) groups is 1. The van der Waals surface area contributed by atoms with Gasteiger partial charge in [-0.3, -0.25) is 4.79 Å². The zero-order valence-electron chi connectivity index (χ0n) is 15.1. The van der Waals surface area contributed by atoms with Gasteiger partial charge in [-0.05, 0) is 31.5 Å². The van der Waals surface area contributed by atoms with Gasteiger partial charge in [-0.2, -0.15) is 5.10 Å². The van der Waals surface area contributed by atoms with Crippen LogP contribution in [0.1, 0.15) is 16.7 Å². The van der Waals surface area contributed by atoms with Crippen LogP contribution in [0.4, 0.5) is 0 Å². The number of amides is 1. The van der Waals surface area contributed by atoms with Crippen molar-refractivity contribution in [3.8, 4) is 17.2 Å². The minimum atomic E-state index is -0.377. The van der Waals surface area contributed by atoms with Gasteiger partial charge in [-0.25, -0.2) is 5.43 Å². The third kappa shape index (κ3) is 5.13. The average Bonchev–Trinajstić information content (AvgIpc) is 2.62. The van der Waals surface area contributed by atoms with Gasteiger partial charge < -0.3 is 14.2 Å². The largest absolute Gasteiger partial charge is 0.493 e. The minimum absolute atomic E-state index is 0.138. The number of hydrogen-bond donors (Lipinski definition) is 1. The van der Waals surface area contributed by atoms with E-state index in [0.717, 1.165) is 11.1 Å². The number of halogens is 1. The summed E-state index contributed by atoms with van der Waals surface area (Å²) in [6, 6.07) is 9.04. The predicted molar refractivity (Wildman–Crippen MR) is 102 cm³/mol. The summed E-state index contributed by atoms with van der Waals surface area (Å²) in [6.07, 6.45) is 1.43. The van der Waals surface area contributed by atoms with Crippen LogP contribution in [0.25, 0.3) is 0 Å². The van der Waals surface area contributed by atoms with Gasteiger partial charge in [0.2, 0.25) is 0 Å². The number of methoxy groups -OCH3 is 2. The molecule has 0 unspecified atom stereocenters. The molecular weight excluding hydrogens is 356 g/mol. The highest BCUT2D eigenvalue weighted by molar-refractivity contribution is 6.33. The Labute approximate surface area is 157 Å². The normalized spacial score (nSPS) is 10.7. The minimum Gasteiger partial charge on any atom is -0.493 e. The van der Waals surface area contributed by atoms with E-state index in [4.69, 9.17) is 25.8 Å². The Balaban J connectivity index is 1.94. The van der Waals surface area contributed by atoms with Gasteiger partial charge in [0.1, 0.15) is 5.75 Å². The Morgan fingerprint density at radius 2 is 1.81 bits per heavy atom. The molecule has 6 nitrogen and oxygen atoms in total. The van der Waals surface area contributed by atoms with E-state index in [1.807, 2.05) is 32.0 Å². The summed E-state index contributed by atoms with van der Waals surface area (Å²) < 4.78 is 15.9. The van der Waals surface area contributed by atoms with Crippen molar-refractivity contribution < 1.29 is 19.0 Å². The topological polar surface area (TPSA) is 69.2 Å². The molecule has 26 heavy (non-hydrogen) atoms. The third-order valence-electron chi connectivity index (χ3n) is 3.58. The van der Waals surface area contributed by atoms with Crippen molar-refractivity contribution in [1.29, 1.82) is 0 Å². The zero-order chi connectivity index (χ0) is 19.1. The van der Waals surface area contributed by atoms with Crippen LogP contribution in [0.3, 0.4) is 0 Å². The maximum absolute atomic E-state index is 11.9. The molecule has 0 saturated heterocycles. The number of carbonyl (C=O) groups excluding carboxylic acids is 1. The number of aryl methyl sites for hydroxylation is 2. The molecule has 0 aromatic heterocycles. The Hall–Kier alpha value is -2.73. The smallest absolute Gasteiger partial charge is 0.277 e. The lowest BCUT2D eigenvalue weighted by Crippen LogP contribution is -2.24. The number of nitrogens with zero attached hydrogens (tertiary/aromatic N) is 1. The van der Waals surface area contributed by atoms with Gasteiger partial charge in [0.15, 0.2) is 18.1 Å². The van der Waals surface area contributed by atoms with E-state index in [2.05, 4.69) is 10.5 Å². The highest BCUT2D eigenvalue weighted by Gasteiger charge is 2.09. The molecule has 2 aromatic rings. The lowest BCUT2D eigenvalue weighted by molar-refractivity contribution is -0.123. The fraction of sp³-hybridized carbons (Fsp3) is 0.263. The summed E-state index contributed by atoms with van der Waals surface area (Å²) in [5.74, 6) is 1.32. The van der Waals surface area contributed by atoms with Crippen molar-refractivity contribution in [3.63, 3.8) is 0 Å². The highest BCUT2D eigenvalue weighted by Crippen LogP contribution is 2.32. The Kier molecular flexibility index (Phi) is 6.86. The Morgan fingerprint density at radius 1 is 1.12 bits per heavy atom. The van der Waals surface area contributed by atoms with E-state index < -0.39 is 0 Å². The second-order valence-electron chi connectivity index (χ2n) is 5.58. The van der Waals surface area contributed by atoms with E-state index in [1.54, 1.807) is 12.1 Å². The number of benzene rings is 2. The van der Waals surface area contributed by atoms with Crippen LogP contribution >= 0.6 is 11.6 Å². The van der Waals surface area contributed by atoms with Crippen LogP contribution in [-0.2, 0) is 4.79 Å². The zero-order valence-corrected chi connectivity index (χ0v) is 15.9. The summed E-state index contributed by atoms with van der Waals surface area (Å²) in [6.45, 7) is 3.79. The van der Waals surface area contributed by atoms with Crippen molar-refractivity contribution in [2.75, 3.05) is 20.8 Å². The summed E-state index contributed by atoms with van der Waals surface area (Å²) >= 11 is 6.16. The molecule has 138 valence electrons. The molecular formula is C19H21ClN2O4. The fourth-order valence-electron chi connectivity index (χ4n) is 2.28. The van der Waals surface area contributed by atoms with Gasteiger partial charge >= 0.3 is 0 Å². The van der Waals surface area contributed by atoms with Crippen LogP contribution in [0.2, 0.25) is 5.02 Å². The first-order chi connectivity index (χ1) is 12.4. The van der Waals surface area contributed by atoms with Crippen molar-refractivity contribution in [2.24, 2.45) is 5.10 Å². The first-order valence-corrected chi connectivity index (χ1v) is 8.26. The van der Waals surface area contributed by atoms with E-state index in [0.29, 0.717) is 27.8 Å². The molecule has 0 aliphatic heterocycles. The number of hydrogen-bond acceptors (Lipinski definition) is 5. The molecule has 2 aromatic carbocycles. The number of rotatable bonds is 7. The molecule has 7 heteroatoms. The Morgan fingerprint density at radius 3 is 2.46 bits per heavy atom. The fourth-order valence-corrected chi connectivity index (χ4v) is 2.48. The van der Waals surface area contributed by atoms with Gasteiger partial charge in [0.25, 0.3) is 5.91 Å². The Bertz CT molecular complexity index is 821. The number of nitrogens with one attached hydrogen (secondary N) is 1. The summed E-state index contributed by atoms with van der Waals surface area (Å²) in [7, 11) is 3.05. The second kappa shape index (κ2) is 9.10. The molecule has 0 saturated carbocycles. The molecule has 0 fully saturated rings. The summed E-state index contributed by atoms with van der Waals surface area (Å²) in [5.41, 5.74) is 5.09. The van der Waals surface area contributed by atoms with E-state index in [-0.39, 0.29) is 12.5 Å². The number of ether oxygens (including phenoxy) is 3. The molecule has 0 bridgehead atoms. The maximum atomic E-state index is 11.9. The molecule has 0 radical (unpaired) electrons. The summed E-state index contributed by atoms with van der Waals surface area (Å²) in [4.78, 5) is 11.9. The van der Waals surface area contributed by atoms with Crippen molar-refractivity contribution in [2.45, 2.75) is 13.8 Å². The van der Waals surface area contributed by atoms with Gasteiger partial charge in [-0.15, -0.1) is 0 Å². The molecule has 0 aliphatic rings. The molecule has 1 N–H and O–H groups in total. The van der Waals surface area contributed by atoms with Gasteiger partial charge in [0, 0.05) is 11.6 Å². The lowest BCUT2D eigenvalue weighted by atomic mass is 10.1. The van der Waals surface area contributed by atoms with E-state index in [9.17, 15) is 4.79 Å². The predicted octanol–water partition coefficient (Wildman–Crippen LogP) is 3.50. The number of hydrazone groups is 1. The first-order valence-electron chi connectivity index (χ1n) is 7.88. The maximum Gasteiger partial charge on any atom is 0.277 e.